The van der Waals surface area contributed by atoms with Crippen LogP contribution in [0.25, 0.3) is 0 Å². The summed E-state index contributed by atoms with van der Waals surface area (Å²) in [6.07, 6.45) is 0. The van der Waals surface area contributed by atoms with Gasteiger partial charge in [-0.05, 0) is 78.1 Å². The molecule has 23 heavy (non-hydrogen) atoms. The topological polar surface area (TPSA) is 56.8 Å². The Morgan fingerprint density at radius 3 is 1.26 bits per heavy atom. The molecule has 0 aromatic carbocycles. The van der Waals surface area contributed by atoms with Gasteiger partial charge in [-0.15, -0.1) is 0 Å². The summed E-state index contributed by atoms with van der Waals surface area (Å²) in [6, 6.07) is 0.620. The molecule has 0 unspecified atom stereocenters. The van der Waals surface area contributed by atoms with Crippen molar-refractivity contribution in [2.75, 3.05) is 6.61 Å². The lowest BCUT2D eigenvalue weighted by atomic mass is 10.9. The highest BCUT2D eigenvalue weighted by molar-refractivity contribution is 6.90. The van der Waals surface area contributed by atoms with Crippen molar-refractivity contribution in [3.8, 4) is 0 Å². The highest BCUT2D eigenvalue weighted by Crippen LogP contribution is 2.26. The van der Waals surface area contributed by atoms with Gasteiger partial charge in [0.05, 0.1) is 6.61 Å². The quantitative estimate of drug-likeness (QED) is 0.490. The summed E-state index contributed by atoms with van der Waals surface area (Å²) in [4.78, 5) is 0. The maximum atomic E-state index is 10.9. The van der Waals surface area contributed by atoms with Crippen LogP contribution >= 0.6 is 0 Å². The molecule has 0 saturated heterocycles. The van der Waals surface area contributed by atoms with Crippen LogP contribution in [-0.4, -0.2) is 48.9 Å². The lowest BCUT2D eigenvalue weighted by molar-refractivity contribution is 0.206. The molecule has 10 heteroatoms. The van der Waals surface area contributed by atoms with Crippen LogP contribution in [0.3, 0.4) is 0 Å². The minimum atomic E-state index is -2.36. The summed E-state index contributed by atoms with van der Waals surface area (Å²) in [5.74, 6) is 0. The molecule has 0 aliphatic heterocycles. The molecule has 0 rings (SSSR count). The Morgan fingerprint density at radius 2 is 0.913 bits per heavy atom. The van der Waals surface area contributed by atoms with Gasteiger partial charge in [0.2, 0.25) is 0 Å². The fourth-order valence-corrected chi connectivity index (χ4v) is 26.2. The first-order chi connectivity index (χ1) is 9.89. The van der Waals surface area contributed by atoms with Crippen molar-refractivity contribution in [3.05, 3.63) is 0 Å². The van der Waals surface area contributed by atoms with E-state index in [1.165, 1.54) is 0 Å². The first-order valence-electron chi connectivity index (χ1n) is 8.28. The summed E-state index contributed by atoms with van der Waals surface area (Å²) in [7, 11) is -10.5. The fourth-order valence-electron chi connectivity index (χ4n) is 2.95. The smallest absolute Gasteiger partial charge is 0.314 e. The van der Waals surface area contributed by atoms with Crippen LogP contribution in [0.2, 0.25) is 78.1 Å². The molecule has 0 amide bonds. The van der Waals surface area contributed by atoms with E-state index in [1.54, 1.807) is 0 Å². The number of rotatable bonds is 10. The largest absolute Gasteiger partial charge is 0.437 e. The van der Waals surface area contributed by atoms with E-state index in [-0.39, 0.29) is 6.61 Å². The molecule has 139 valence electrons. The van der Waals surface area contributed by atoms with Gasteiger partial charge in [-0.25, -0.2) is 5.11 Å². The van der Waals surface area contributed by atoms with Crippen LogP contribution in [0.5, 0.6) is 0 Å². The van der Waals surface area contributed by atoms with E-state index in [1.807, 2.05) is 0 Å². The lowest BCUT2D eigenvalue weighted by Gasteiger charge is -2.41. The SMILES string of the molecule is C[Si](C)(C)O[Si](C)(C)O[Si](C)(C)O[Si](C)(C)O[Si](C)(C)CC[O]. The van der Waals surface area contributed by atoms with Crippen LogP contribution in [0, 0.1) is 0 Å². The Balaban J connectivity index is 4.89. The van der Waals surface area contributed by atoms with Crippen LogP contribution in [0.15, 0.2) is 0 Å². The second-order valence-electron chi connectivity index (χ2n) is 8.93. The Labute approximate surface area is 148 Å². The van der Waals surface area contributed by atoms with E-state index < -0.39 is 42.3 Å². The number of hydrogen-bond acceptors (Lipinski definition) is 4. The lowest BCUT2D eigenvalue weighted by Crippen LogP contribution is -2.58. The number of hydrogen-bond donors (Lipinski definition) is 0. The highest BCUT2D eigenvalue weighted by atomic mass is 28.5. The zero-order valence-corrected chi connectivity index (χ0v) is 22.0. The third kappa shape index (κ3) is 12.0. The van der Waals surface area contributed by atoms with Crippen molar-refractivity contribution in [2.45, 2.75) is 78.1 Å². The minimum absolute atomic E-state index is 0.0784. The predicted molar refractivity (Wildman–Crippen MR) is 108 cm³/mol. The first-order valence-corrected chi connectivity index (χ1v) is 23.2. The molecule has 0 aliphatic carbocycles. The van der Waals surface area contributed by atoms with E-state index in [2.05, 4.69) is 72.0 Å². The summed E-state index contributed by atoms with van der Waals surface area (Å²) < 4.78 is 25.4. The Bertz CT molecular complexity index is 379. The molecule has 5 nitrogen and oxygen atoms in total. The normalized spacial score (nSPS) is 15.1. The fraction of sp³-hybridized carbons (Fsp3) is 1.00. The molecule has 0 bridgehead atoms. The predicted octanol–water partition coefficient (Wildman–Crippen LogP) is 4.63. The highest BCUT2D eigenvalue weighted by Gasteiger charge is 2.44. The van der Waals surface area contributed by atoms with Crippen LogP contribution in [-0.2, 0) is 21.6 Å². The zero-order valence-electron chi connectivity index (χ0n) is 17.0. The van der Waals surface area contributed by atoms with Crippen molar-refractivity contribution >= 4 is 42.3 Å². The average molecular weight is 414 g/mol. The van der Waals surface area contributed by atoms with E-state index >= 15 is 0 Å². The van der Waals surface area contributed by atoms with Crippen molar-refractivity contribution in [2.24, 2.45) is 0 Å². The van der Waals surface area contributed by atoms with E-state index in [9.17, 15) is 5.11 Å². The molecular formula is C13H37O5Si5. The molecule has 0 spiro atoms. The molecule has 0 aromatic rings. The zero-order chi connectivity index (χ0) is 18.7. The van der Waals surface area contributed by atoms with Crippen molar-refractivity contribution in [1.82, 2.24) is 0 Å². The maximum absolute atomic E-state index is 10.9. The molecule has 0 fully saturated rings. The van der Waals surface area contributed by atoms with Gasteiger partial charge in [0.15, 0.2) is 16.6 Å². The first kappa shape index (κ1) is 23.9. The van der Waals surface area contributed by atoms with Gasteiger partial charge < -0.3 is 16.5 Å². The molecule has 0 aliphatic rings. The second kappa shape index (κ2) is 8.06. The third-order valence-corrected chi connectivity index (χ3v) is 20.6. The second-order valence-corrected chi connectivity index (χ2v) is 28.8. The van der Waals surface area contributed by atoms with Crippen LogP contribution < -0.4 is 0 Å². The molecule has 0 saturated carbocycles. The molecule has 0 atom stereocenters. The van der Waals surface area contributed by atoms with E-state index in [0.717, 1.165) is 0 Å². The van der Waals surface area contributed by atoms with Gasteiger partial charge in [-0.2, -0.15) is 0 Å². The summed E-state index contributed by atoms with van der Waals surface area (Å²) in [5, 5.41) is 10.9. The molecule has 0 aromatic heterocycles. The van der Waals surface area contributed by atoms with Gasteiger partial charge in [-0.3, -0.25) is 0 Å². The Hall–Kier alpha value is 0.884. The van der Waals surface area contributed by atoms with Gasteiger partial charge in [0.25, 0.3) is 0 Å². The van der Waals surface area contributed by atoms with Crippen molar-refractivity contribution in [1.29, 1.82) is 0 Å². The van der Waals surface area contributed by atoms with E-state index in [4.69, 9.17) is 16.5 Å². The Morgan fingerprint density at radius 1 is 0.565 bits per heavy atom. The van der Waals surface area contributed by atoms with Gasteiger partial charge in [0, 0.05) is 0 Å². The van der Waals surface area contributed by atoms with Gasteiger partial charge in [-0.1, -0.05) is 0 Å². The minimum Gasteiger partial charge on any atom is -0.437 e. The molecule has 0 N–H and O–H groups in total. The monoisotopic (exact) mass is 413 g/mol. The molecular weight excluding hydrogens is 377 g/mol. The summed E-state index contributed by atoms with van der Waals surface area (Å²) >= 11 is 0. The van der Waals surface area contributed by atoms with Gasteiger partial charge in [0.1, 0.15) is 0 Å². The standard InChI is InChI=1S/C13H37O5Si5/c1-19(2,3)15-21(6,7)17-23(10,11)18-22(8,9)16-20(4,5)13-12-14/h12-13H2,1-11H3. The average Bonchev–Trinajstić information content (AvgIpc) is 2.03. The Kier molecular flexibility index (Phi) is 8.37. The summed E-state index contributed by atoms with van der Waals surface area (Å²) in [6.45, 7) is 23.1. The van der Waals surface area contributed by atoms with Crippen molar-refractivity contribution < 1.29 is 21.6 Å². The van der Waals surface area contributed by atoms with Crippen LogP contribution in [0.1, 0.15) is 0 Å². The molecule has 0 heterocycles. The summed E-state index contributed by atoms with van der Waals surface area (Å²) in [5.41, 5.74) is 0. The van der Waals surface area contributed by atoms with Gasteiger partial charge >= 0.3 is 25.7 Å². The third-order valence-electron chi connectivity index (χ3n) is 2.76. The maximum Gasteiger partial charge on any atom is 0.314 e. The van der Waals surface area contributed by atoms with E-state index in [0.29, 0.717) is 6.04 Å². The van der Waals surface area contributed by atoms with Crippen LogP contribution in [0.4, 0.5) is 0 Å². The molecule has 1 radical (unpaired) electrons. The van der Waals surface area contributed by atoms with Crippen molar-refractivity contribution in [3.63, 3.8) is 0 Å².